The van der Waals surface area contributed by atoms with E-state index < -0.39 is 23.1 Å². The minimum Gasteiger partial charge on any atom is -0.507 e. The Bertz CT molecular complexity index is 794. The maximum atomic E-state index is 12.4. The first-order chi connectivity index (χ1) is 9.41. The maximum Gasteiger partial charge on any atom is 0.198 e. The molecule has 0 fully saturated rings. The Kier molecular flexibility index (Phi) is 2.25. The molecule has 0 aliphatic heterocycles. The van der Waals surface area contributed by atoms with Crippen LogP contribution in [0.4, 0.5) is 11.4 Å². The van der Waals surface area contributed by atoms with Crippen LogP contribution in [0.2, 0.25) is 0 Å². The summed E-state index contributed by atoms with van der Waals surface area (Å²) in [6.07, 6.45) is 0. The lowest BCUT2D eigenvalue weighted by Gasteiger charge is -2.20. The van der Waals surface area contributed by atoms with Crippen LogP contribution in [0.25, 0.3) is 0 Å². The molecule has 6 heteroatoms. The zero-order chi connectivity index (χ0) is 14.6. The van der Waals surface area contributed by atoms with E-state index in [1.807, 2.05) is 0 Å². The standard InChI is InChI=1S/C14H10N2O4/c15-5-1-2-6-7(3-5)13(19)10-9(17)4-8(16)14(20)11(10)12(6)18/h1-4,17,20H,15-16H2. The maximum absolute atomic E-state index is 12.4. The van der Waals surface area contributed by atoms with Crippen molar-refractivity contribution in [2.45, 2.75) is 0 Å². The van der Waals surface area contributed by atoms with E-state index in [0.717, 1.165) is 6.07 Å². The number of carbonyl (C=O) groups is 2. The number of nitrogens with two attached hydrogens (primary N) is 2. The fourth-order valence-corrected chi connectivity index (χ4v) is 2.35. The lowest BCUT2D eigenvalue weighted by atomic mass is 9.82. The van der Waals surface area contributed by atoms with Crippen molar-refractivity contribution < 1.29 is 19.8 Å². The number of nitrogen functional groups attached to an aromatic ring is 2. The van der Waals surface area contributed by atoms with Crippen LogP contribution in [-0.4, -0.2) is 21.8 Å². The van der Waals surface area contributed by atoms with Crippen LogP contribution in [0.15, 0.2) is 24.3 Å². The van der Waals surface area contributed by atoms with Gasteiger partial charge in [0, 0.05) is 22.9 Å². The summed E-state index contributed by atoms with van der Waals surface area (Å²) in [7, 11) is 0. The molecule has 0 spiro atoms. The highest BCUT2D eigenvalue weighted by Crippen LogP contribution is 2.41. The van der Waals surface area contributed by atoms with Crippen molar-refractivity contribution in [2.75, 3.05) is 11.5 Å². The molecule has 20 heavy (non-hydrogen) atoms. The summed E-state index contributed by atoms with van der Waals surface area (Å²) >= 11 is 0. The van der Waals surface area contributed by atoms with Gasteiger partial charge in [-0.25, -0.2) is 0 Å². The second-order valence-corrected chi connectivity index (χ2v) is 4.55. The van der Waals surface area contributed by atoms with E-state index in [1.165, 1.54) is 18.2 Å². The second-order valence-electron chi connectivity index (χ2n) is 4.55. The Morgan fingerprint density at radius 3 is 2.20 bits per heavy atom. The average molecular weight is 270 g/mol. The number of rotatable bonds is 0. The fourth-order valence-electron chi connectivity index (χ4n) is 2.35. The van der Waals surface area contributed by atoms with Gasteiger partial charge in [-0.2, -0.15) is 0 Å². The van der Waals surface area contributed by atoms with Crippen molar-refractivity contribution in [1.82, 2.24) is 0 Å². The topological polar surface area (TPSA) is 127 Å². The van der Waals surface area contributed by atoms with Gasteiger partial charge in [0.15, 0.2) is 17.3 Å². The van der Waals surface area contributed by atoms with Gasteiger partial charge in [-0.05, 0) is 18.2 Å². The van der Waals surface area contributed by atoms with E-state index >= 15 is 0 Å². The third-order valence-corrected chi connectivity index (χ3v) is 3.30. The third-order valence-electron chi connectivity index (χ3n) is 3.30. The molecule has 0 heterocycles. The van der Waals surface area contributed by atoms with Crippen LogP contribution < -0.4 is 11.5 Å². The Hall–Kier alpha value is -3.02. The number of phenols is 2. The van der Waals surface area contributed by atoms with Crippen LogP contribution in [0, 0.1) is 0 Å². The fraction of sp³-hybridized carbons (Fsp3) is 0. The molecule has 0 amide bonds. The Morgan fingerprint density at radius 1 is 0.850 bits per heavy atom. The molecule has 2 aromatic carbocycles. The molecule has 0 atom stereocenters. The zero-order valence-corrected chi connectivity index (χ0v) is 10.2. The quantitative estimate of drug-likeness (QED) is 0.274. The van der Waals surface area contributed by atoms with Crippen molar-refractivity contribution in [3.63, 3.8) is 0 Å². The molecule has 0 saturated heterocycles. The summed E-state index contributed by atoms with van der Waals surface area (Å²) in [5, 5.41) is 19.8. The van der Waals surface area contributed by atoms with Crippen molar-refractivity contribution >= 4 is 22.9 Å². The molecule has 3 rings (SSSR count). The third kappa shape index (κ3) is 1.38. The molecule has 0 unspecified atom stereocenters. The first-order valence-electron chi connectivity index (χ1n) is 5.75. The summed E-state index contributed by atoms with van der Waals surface area (Å²) in [6, 6.07) is 5.30. The monoisotopic (exact) mass is 270 g/mol. The summed E-state index contributed by atoms with van der Waals surface area (Å²) in [6.45, 7) is 0. The van der Waals surface area contributed by atoms with E-state index in [-0.39, 0.29) is 27.9 Å². The van der Waals surface area contributed by atoms with Gasteiger partial charge in [0.25, 0.3) is 0 Å². The molecule has 2 aromatic rings. The highest BCUT2D eigenvalue weighted by atomic mass is 16.3. The minimum atomic E-state index is -0.574. The van der Waals surface area contributed by atoms with E-state index in [9.17, 15) is 19.8 Å². The van der Waals surface area contributed by atoms with Crippen LogP contribution >= 0.6 is 0 Å². The lowest BCUT2D eigenvalue weighted by molar-refractivity contribution is 0.0974. The highest BCUT2D eigenvalue weighted by Gasteiger charge is 2.35. The predicted octanol–water partition coefficient (Wildman–Crippen LogP) is 1.04. The number of ketones is 2. The summed E-state index contributed by atoms with van der Waals surface area (Å²) in [5.74, 6) is -2.09. The largest absolute Gasteiger partial charge is 0.507 e. The molecule has 0 bridgehead atoms. The van der Waals surface area contributed by atoms with Gasteiger partial charge in [-0.3, -0.25) is 9.59 Å². The predicted molar refractivity (Wildman–Crippen MR) is 71.9 cm³/mol. The van der Waals surface area contributed by atoms with E-state index in [4.69, 9.17) is 11.5 Å². The van der Waals surface area contributed by atoms with E-state index in [1.54, 1.807) is 0 Å². The van der Waals surface area contributed by atoms with Gasteiger partial charge in [0.1, 0.15) is 5.75 Å². The van der Waals surface area contributed by atoms with Gasteiger partial charge in [-0.15, -0.1) is 0 Å². The zero-order valence-electron chi connectivity index (χ0n) is 10.2. The van der Waals surface area contributed by atoms with E-state index in [0.29, 0.717) is 5.69 Å². The van der Waals surface area contributed by atoms with Crippen molar-refractivity contribution in [1.29, 1.82) is 0 Å². The van der Waals surface area contributed by atoms with Crippen molar-refractivity contribution in [3.8, 4) is 11.5 Å². The first kappa shape index (κ1) is 12.0. The minimum absolute atomic E-state index is 0.0990. The summed E-state index contributed by atoms with van der Waals surface area (Å²) < 4.78 is 0. The van der Waals surface area contributed by atoms with Gasteiger partial charge < -0.3 is 21.7 Å². The SMILES string of the molecule is Nc1ccc2c(c1)C(=O)c1c(O)cc(N)c(O)c1C2=O. The number of carbonyl (C=O) groups excluding carboxylic acids is 2. The molecule has 100 valence electrons. The molecule has 1 aliphatic rings. The number of fused-ring (bicyclic) bond motifs is 2. The van der Waals surface area contributed by atoms with Gasteiger partial charge in [0.05, 0.1) is 16.8 Å². The van der Waals surface area contributed by atoms with Gasteiger partial charge in [0.2, 0.25) is 0 Å². The average Bonchev–Trinajstić information content (AvgIpc) is 2.40. The number of hydrogen-bond acceptors (Lipinski definition) is 6. The number of benzene rings is 2. The highest BCUT2D eigenvalue weighted by molar-refractivity contribution is 6.30. The molecular formula is C14H10N2O4. The van der Waals surface area contributed by atoms with Crippen molar-refractivity contribution in [3.05, 3.63) is 46.5 Å². The number of anilines is 2. The Labute approximate surface area is 113 Å². The molecular weight excluding hydrogens is 260 g/mol. The number of aromatic hydroxyl groups is 2. The van der Waals surface area contributed by atoms with Gasteiger partial charge in [-0.1, -0.05) is 0 Å². The van der Waals surface area contributed by atoms with Crippen LogP contribution in [-0.2, 0) is 0 Å². The van der Waals surface area contributed by atoms with Crippen molar-refractivity contribution in [2.24, 2.45) is 0 Å². The van der Waals surface area contributed by atoms with Gasteiger partial charge >= 0.3 is 0 Å². The Morgan fingerprint density at radius 2 is 1.50 bits per heavy atom. The first-order valence-corrected chi connectivity index (χ1v) is 5.75. The molecule has 1 aliphatic carbocycles. The normalized spacial score (nSPS) is 13.0. The van der Waals surface area contributed by atoms with E-state index in [2.05, 4.69) is 0 Å². The molecule has 6 nitrogen and oxygen atoms in total. The Balaban J connectivity index is 2.41. The van der Waals surface area contributed by atoms with Crippen LogP contribution in [0.5, 0.6) is 11.5 Å². The summed E-state index contributed by atoms with van der Waals surface area (Å²) in [5.41, 5.74) is 11.0. The van der Waals surface area contributed by atoms with Crippen LogP contribution in [0.3, 0.4) is 0 Å². The molecule has 6 N–H and O–H groups in total. The molecule has 0 aromatic heterocycles. The molecule has 0 radical (unpaired) electrons. The molecule has 0 saturated carbocycles. The number of hydrogen-bond donors (Lipinski definition) is 4. The summed E-state index contributed by atoms with van der Waals surface area (Å²) in [4.78, 5) is 24.7. The van der Waals surface area contributed by atoms with Crippen LogP contribution in [0.1, 0.15) is 31.8 Å². The second kappa shape index (κ2) is 3.74. The smallest absolute Gasteiger partial charge is 0.198 e. The number of phenolic OH excluding ortho intramolecular Hbond substituents is 2. The lowest BCUT2D eigenvalue weighted by Crippen LogP contribution is -2.21.